The molecule has 1 unspecified atom stereocenters. The third-order valence-corrected chi connectivity index (χ3v) is 6.06. The van der Waals surface area contributed by atoms with Crippen LogP contribution in [0.2, 0.25) is 0 Å². The third-order valence-electron chi connectivity index (χ3n) is 6.06. The molecule has 2 heterocycles. The summed E-state index contributed by atoms with van der Waals surface area (Å²) >= 11 is 0. The fraction of sp³-hybridized carbons (Fsp3) is 0.500. The molecule has 2 fully saturated rings. The molecule has 4 N–H and O–H groups in total. The summed E-state index contributed by atoms with van der Waals surface area (Å²) < 4.78 is 0. The Morgan fingerprint density at radius 3 is 2.57 bits per heavy atom. The van der Waals surface area contributed by atoms with Crippen LogP contribution in [0.15, 0.2) is 18.2 Å². The van der Waals surface area contributed by atoms with Crippen molar-refractivity contribution < 1.29 is 19.2 Å². The smallest absolute Gasteiger partial charge is 0.262 e. The number of carbonyl (C=O) groups excluding carboxylic acids is 4. The van der Waals surface area contributed by atoms with Gasteiger partial charge in [0.05, 0.1) is 11.1 Å². The molecule has 1 atom stereocenters. The number of piperidine rings is 1. The van der Waals surface area contributed by atoms with Crippen LogP contribution < -0.4 is 16.4 Å². The van der Waals surface area contributed by atoms with Gasteiger partial charge in [-0.3, -0.25) is 29.4 Å². The molecule has 4 rings (SSSR count). The highest BCUT2D eigenvalue weighted by molar-refractivity contribution is 6.23. The van der Waals surface area contributed by atoms with Crippen LogP contribution in [0.3, 0.4) is 0 Å². The molecule has 0 bridgehead atoms. The second-order valence-corrected chi connectivity index (χ2v) is 7.96. The van der Waals surface area contributed by atoms with Crippen molar-refractivity contribution in [1.82, 2.24) is 15.5 Å². The molecule has 28 heavy (non-hydrogen) atoms. The predicted molar refractivity (Wildman–Crippen MR) is 100 cm³/mol. The quantitative estimate of drug-likeness (QED) is 0.459. The number of hydrogen-bond donors (Lipinski definition) is 3. The zero-order chi connectivity index (χ0) is 19.9. The first kappa shape index (κ1) is 18.8. The highest BCUT2D eigenvalue weighted by Gasteiger charge is 2.44. The van der Waals surface area contributed by atoms with Crippen LogP contribution >= 0.6 is 0 Å². The lowest BCUT2D eigenvalue weighted by atomic mass is 10.0. The predicted octanol–water partition coefficient (Wildman–Crippen LogP) is 0.306. The number of benzene rings is 1. The SMILES string of the molecule is NCC1(CCNCc2ccc3c(c2)C(=O)N(C2CCC(=O)NC2=O)C3=O)CC1. The Kier molecular flexibility index (Phi) is 4.76. The lowest BCUT2D eigenvalue weighted by molar-refractivity contribution is -0.136. The van der Waals surface area contributed by atoms with Crippen molar-refractivity contribution in [1.29, 1.82) is 0 Å². The molecule has 1 saturated carbocycles. The van der Waals surface area contributed by atoms with E-state index < -0.39 is 23.8 Å². The molecule has 4 amide bonds. The average Bonchev–Trinajstić information content (AvgIpc) is 3.42. The van der Waals surface area contributed by atoms with E-state index in [9.17, 15) is 19.2 Å². The van der Waals surface area contributed by atoms with Gasteiger partial charge < -0.3 is 11.1 Å². The second-order valence-electron chi connectivity index (χ2n) is 7.96. The van der Waals surface area contributed by atoms with E-state index in [2.05, 4.69) is 10.6 Å². The van der Waals surface area contributed by atoms with Gasteiger partial charge in [0, 0.05) is 13.0 Å². The van der Waals surface area contributed by atoms with E-state index in [0.717, 1.165) is 30.0 Å². The molecule has 8 nitrogen and oxygen atoms in total. The van der Waals surface area contributed by atoms with Gasteiger partial charge in [-0.2, -0.15) is 0 Å². The highest BCUT2D eigenvalue weighted by atomic mass is 16.2. The molecule has 0 aromatic heterocycles. The highest BCUT2D eigenvalue weighted by Crippen LogP contribution is 2.47. The first-order chi connectivity index (χ1) is 13.4. The number of amides is 4. The maximum atomic E-state index is 12.8. The number of rotatable bonds is 7. The van der Waals surface area contributed by atoms with Crippen molar-refractivity contribution in [3.63, 3.8) is 0 Å². The molecule has 8 heteroatoms. The minimum atomic E-state index is -0.933. The summed E-state index contributed by atoms with van der Waals surface area (Å²) in [6, 6.07) is 4.24. The van der Waals surface area contributed by atoms with Crippen LogP contribution in [0.5, 0.6) is 0 Å². The van der Waals surface area contributed by atoms with Gasteiger partial charge >= 0.3 is 0 Å². The summed E-state index contributed by atoms with van der Waals surface area (Å²) in [5.41, 5.74) is 7.63. The lowest BCUT2D eigenvalue weighted by Crippen LogP contribution is -2.54. The molecule has 148 valence electrons. The normalized spacial score (nSPS) is 23.0. The summed E-state index contributed by atoms with van der Waals surface area (Å²) in [5.74, 6) is -1.93. The Morgan fingerprint density at radius 1 is 1.14 bits per heavy atom. The minimum absolute atomic E-state index is 0.114. The molecule has 0 spiro atoms. The van der Waals surface area contributed by atoms with Crippen LogP contribution in [0.25, 0.3) is 0 Å². The first-order valence-electron chi connectivity index (χ1n) is 9.69. The van der Waals surface area contributed by atoms with Crippen molar-refractivity contribution in [2.75, 3.05) is 13.1 Å². The van der Waals surface area contributed by atoms with E-state index in [1.165, 1.54) is 12.8 Å². The van der Waals surface area contributed by atoms with Gasteiger partial charge in [-0.1, -0.05) is 6.07 Å². The number of nitrogens with two attached hydrogens (primary N) is 1. The molecule has 3 aliphatic rings. The topological polar surface area (TPSA) is 122 Å². The molecule has 1 aliphatic carbocycles. The van der Waals surface area contributed by atoms with E-state index >= 15 is 0 Å². The summed E-state index contributed by atoms with van der Waals surface area (Å²) in [6.07, 6.45) is 3.69. The van der Waals surface area contributed by atoms with Crippen molar-refractivity contribution in [3.05, 3.63) is 34.9 Å². The Hall–Kier alpha value is -2.58. The zero-order valence-corrected chi connectivity index (χ0v) is 15.6. The van der Waals surface area contributed by atoms with E-state index in [-0.39, 0.29) is 18.7 Å². The molecule has 1 saturated heterocycles. The summed E-state index contributed by atoms with van der Waals surface area (Å²) in [7, 11) is 0. The Morgan fingerprint density at radius 2 is 1.89 bits per heavy atom. The van der Waals surface area contributed by atoms with Crippen molar-refractivity contribution in [2.24, 2.45) is 11.1 Å². The number of carbonyl (C=O) groups is 4. The summed E-state index contributed by atoms with van der Waals surface area (Å²) in [5, 5.41) is 5.57. The number of nitrogens with one attached hydrogen (secondary N) is 2. The van der Waals surface area contributed by atoms with Gasteiger partial charge in [-0.05, 0) is 61.9 Å². The fourth-order valence-electron chi connectivity index (χ4n) is 3.95. The van der Waals surface area contributed by atoms with E-state index in [0.29, 0.717) is 23.1 Å². The van der Waals surface area contributed by atoms with Crippen LogP contribution in [-0.2, 0) is 16.1 Å². The van der Waals surface area contributed by atoms with Crippen molar-refractivity contribution >= 4 is 23.6 Å². The van der Waals surface area contributed by atoms with Crippen LogP contribution in [0.1, 0.15) is 58.4 Å². The Bertz CT molecular complexity index is 862. The largest absolute Gasteiger partial charge is 0.330 e. The standard InChI is InChI=1S/C20H24N4O4/c21-11-20(5-6-20)7-8-22-10-12-1-2-13-14(9-12)19(28)24(18(13)27)15-3-4-16(25)23-17(15)26/h1-2,9,15,22H,3-8,10-11,21H2,(H,23,25,26). The fourth-order valence-corrected chi connectivity index (χ4v) is 3.95. The van der Waals surface area contributed by atoms with Gasteiger partial charge in [0.2, 0.25) is 11.8 Å². The average molecular weight is 384 g/mol. The van der Waals surface area contributed by atoms with Crippen LogP contribution in [0, 0.1) is 5.41 Å². The maximum Gasteiger partial charge on any atom is 0.262 e. The number of imide groups is 2. The van der Waals surface area contributed by atoms with E-state index in [4.69, 9.17) is 5.73 Å². The maximum absolute atomic E-state index is 12.8. The molecular weight excluding hydrogens is 360 g/mol. The summed E-state index contributed by atoms with van der Waals surface area (Å²) in [6.45, 7) is 2.16. The monoisotopic (exact) mass is 384 g/mol. The first-order valence-corrected chi connectivity index (χ1v) is 9.69. The zero-order valence-electron chi connectivity index (χ0n) is 15.6. The number of nitrogens with zero attached hydrogens (tertiary/aromatic N) is 1. The van der Waals surface area contributed by atoms with Crippen LogP contribution in [0.4, 0.5) is 0 Å². The van der Waals surface area contributed by atoms with Gasteiger partial charge in [0.1, 0.15) is 6.04 Å². The van der Waals surface area contributed by atoms with E-state index in [1.54, 1.807) is 12.1 Å². The van der Waals surface area contributed by atoms with Crippen LogP contribution in [-0.4, -0.2) is 47.7 Å². The lowest BCUT2D eigenvalue weighted by Gasteiger charge is -2.27. The molecule has 1 aromatic carbocycles. The third kappa shape index (κ3) is 3.33. The number of fused-ring (bicyclic) bond motifs is 1. The molecule has 0 radical (unpaired) electrons. The van der Waals surface area contributed by atoms with Gasteiger partial charge in [-0.25, -0.2) is 0 Å². The molecule has 2 aliphatic heterocycles. The molecule has 1 aromatic rings. The van der Waals surface area contributed by atoms with Gasteiger partial charge in [0.25, 0.3) is 11.8 Å². The summed E-state index contributed by atoms with van der Waals surface area (Å²) in [4.78, 5) is 49.9. The number of hydrogen-bond acceptors (Lipinski definition) is 6. The van der Waals surface area contributed by atoms with Gasteiger partial charge in [0.15, 0.2) is 0 Å². The van der Waals surface area contributed by atoms with E-state index in [1.807, 2.05) is 6.07 Å². The van der Waals surface area contributed by atoms with Gasteiger partial charge in [-0.15, -0.1) is 0 Å². The minimum Gasteiger partial charge on any atom is -0.330 e. The van der Waals surface area contributed by atoms with Crippen molar-refractivity contribution in [3.8, 4) is 0 Å². The Balaban J connectivity index is 1.42. The molecular formula is C20H24N4O4. The second kappa shape index (κ2) is 7.10. The Labute approximate surface area is 162 Å². The van der Waals surface area contributed by atoms with Crippen molar-refractivity contribution in [2.45, 2.75) is 44.7 Å².